The molecule has 1 heterocycles. The first-order valence-corrected chi connectivity index (χ1v) is 8.40. The summed E-state index contributed by atoms with van der Waals surface area (Å²) in [6.45, 7) is 6.40. The van der Waals surface area contributed by atoms with Gasteiger partial charge in [0.15, 0.2) is 0 Å². The van der Waals surface area contributed by atoms with E-state index in [1.165, 1.54) is 38.0 Å². The van der Waals surface area contributed by atoms with Crippen molar-refractivity contribution in [1.29, 1.82) is 0 Å². The molecule has 0 bridgehead atoms. The molecule has 1 unspecified atom stereocenters. The Kier molecular flexibility index (Phi) is 8.54. The number of benzene rings is 1. The number of nitrogens with zero attached hydrogens (tertiary/aromatic N) is 1. The van der Waals surface area contributed by atoms with E-state index in [2.05, 4.69) is 10.2 Å². The average molecular weight is 352 g/mol. The van der Waals surface area contributed by atoms with Crippen LogP contribution >= 0.6 is 0 Å². The fourth-order valence-electron chi connectivity index (χ4n) is 2.88. The molecule has 1 atom stereocenters. The van der Waals surface area contributed by atoms with Gasteiger partial charge in [0.1, 0.15) is 0 Å². The zero-order chi connectivity index (χ0) is 19.0. The molecular weight excluding hydrogens is 324 g/mol. The molecule has 25 heavy (non-hydrogen) atoms. The number of aliphatic hydroxyl groups excluding tert-OH is 1. The van der Waals surface area contributed by atoms with Gasteiger partial charge in [0.2, 0.25) is 0 Å². The topological polar surface area (TPSA) is 110 Å². The number of aliphatic hydroxyl groups is 1. The molecule has 0 aromatic heterocycles. The molecular formula is C18H28N2O5. The van der Waals surface area contributed by atoms with Crippen molar-refractivity contribution in [2.45, 2.75) is 38.8 Å². The number of hydrogen-bond donors (Lipinski definition) is 4. The number of likely N-dealkylation sites (tertiary alicyclic amines) is 1. The number of carboxylic acid groups (broad SMARTS) is 2. The molecule has 1 fully saturated rings. The van der Waals surface area contributed by atoms with E-state index < -0.39 is 11.9 Å². The predicted molar refractivity (Wildman–Crippen MR) is 95.3 cm³/mol. The number of aromatic carboxylic acids is 2. The van der Waals surface area contributed by atoms with Crippen LogP contribution in [0.1, 0.15) is 46.0 Å². The summed E-state index contributed by atoms with van der Waals surface area (Å²) >= 11 is 0. The molecule has 0 radical (unpaired) electrons. The van der Waals surface area contributed by atoms with Crippen molar-refractivity contribution in [3.8, 4) is 0 Å². The quantitative estimate of drug-likeness (QED) is 0.635. The number of piperidine rings is 1. The van der Waals surface area contributed by atoms with Gasteiger partial charge in [-0.2, -0.15) is 0 Å². The van der Waals surface area contributed by atoms with Crippen molar-refractivity contribution >= 4 is 11.9 Å². The summed E-state index contributed by atoms with van der Waals surface area (Å²) < 4.78 is 0. The maximum atomic E-state index is 10.6. The lowest BCUT2D eigenvalue weighted by molar-refractivity contribution is 0.0696. The molecule has 7 nitrogen and oxygen atoms in total. The number of hydrogen-bond acceptors (Lipinski definition) is 5. The Morgan fingerprint density at radius 3 is 2.04 bits per heavy atom. The molecule has 1 aromatic rings. The van der Waals surface area contributed by atoms with E-state index in [-0.39, 0.29) is 22.8 Å². The van der Waals surface area contributed by atoms with Crippen LogP contribution in [-0.2, 0) is 0 Å². The van der Waals surface area contributed by atoms with Gasteiger partial charge in [0.25, 0.3) is 0 Å². The van der Waals surface area contributed by atoms with Gasteiger partial charge in [-0.15, -0.1) is 0 Å². The van der Waals surface area contributed by atoms with Gasteiger partial charge in [-0.1, -0.05) is 6.07 Å². The minimum Gasteiger partial charge on any atom is -0.478 e. The summed E-state index contributed by atoms with van der Waals surface area (Å²) in [5.41, 5.74) is 0.335. The molecule has 4 N–H and O–H groups in total. The van der Waals surface area contributed by atoms with Gasteiger partial charge in [-0.3, -0.25) is 0 Å². The lowest BCUT2D eigenvalue weighted by atomic mass is 10.0. The van der Waals surface area contributed by atoms with Crippen LogP contribution in [0.3, 0.4) is 0 Å². The van der Waals surface area contributed by atoms with Crippen LogP contribution in [0.5, 0.6) is 0 Å². The second-order valence-corrected chi connectivity index (χ2v) is 6.30. The van der Waals surface area contributed by atoms with Crippen LogP contribution in [-0.4, -0.2) is 71.0 Å². The third-order valence-electron chi connectivity index (χ3n) is 4.31. The van der Waals surface area contributed by atoms with E-state index in [1.54, 1.807) is 0 Å². The summed E-state index contributed by atoms with van der Waals surface area (Å²) in [6, 6.07) is 4.86. The molecule has 0 aliphatic carbocycles. The van der Waals surface area contributed by atoms with Gasteiger partial charge in [-0.25, -0.2) is 9.59 Å². The fraction of sp³-hybridized carbons (Fsp3) is 0.556. The maximum absolute atomic E-state index is 10.6. The highest BCUT2D eigenvalue weighted by Gasteiger charge is 2.18. The van der Waals surface area contributed by atoms with Crippen molar-refractivity contribution in [3.05, 3.63) is 34.9 Å². The smallest absolute Gasteiger partial charge is 0.335 e. The van der Waals surface area contributed by atoms with Gasteiger partial charge in [0, 0.05) is 12.6 Å². The molecule has 0 spiro atoms. The SMILES string of the molecule is CNC1CCN(CC(C)O)CC1.Cc1c(C(=O)O)cccc1C(=O)O. The minimum absolute atomic E-state index is 0.0277. The van der Waals surface area contributed by atoms with E-state index in [0.717, 1.165) is 19.6 Å². The van der Waals surface area contributed by atoms with Crippen LogP contribution in [0.15, 0.2) is 18.2 Å². The molecule has 0 saturated carbocycles. The Morgan fingerprint density at radius 2 is 1.68 bits per heavy atom. The fourth-order valence-corrected chi connectivity index (χ4v) is 2.88. The average Bonchev–Trinajstić information content (AvgIpc) is 2.55. The third-order valence-corrected chi connectivity index (χ3v) is 4.31. The molecule has 1 aromatic carbocycles. The van der Waals surface area contributed by atoms with Crippen LogP contribution in [0, 0.1) is 6.92 Å². The standard InChI is InChI=1S/C9H20N2O.C9H8O4/c1-8(12)7-11-5-3-9(10-2)4-6-11;1-5-6(8(10)11)3-2-4-7(5)9(12)13/h8-10,12H,3-7H2,1-2H3;2-4H,1H3,(H,10,11)(H,12,13). The van der Waals surface area contributed by atoms with Crippen molar-refractivity contribution < 1.29 is 24.9 Å². The molecule has 0 amide bonds. The normalized spacial score (nSPS) is 16.6. The van der Waals surface area contributed by atoms with Gasteiger partial charge < -0.3 is 25.5 Å². The second kappa shape index (κ2) is 10.1. The van der Waals surface area contributed by atoms with Crippen molar-refractivity contribution in [2.24, 2.45) is 0 Å². The maximum Gasteiger partial charge on any atom is 0.335 e. The van der Waals surface area contributed by atoms with E-state index >= 15 is 0 Å². The first-order valence-electron chi connectivity index (χ1n) is 8.40. The second-order valence-electron chi connectivity index (χ2n) is 6.30. The third kappa shape index (κ3) is 6.81. The van der Waals surface area contributed by atoms with Crippen LogP contribution in [0.4, 0.5) is 0 Å². The minimum atomic E-state index is -1.11. The van der Waals surface area contributed by atoms with E-state index in [1.807, 2.05) is 14.0 Å². The number of carboxylic acids is 2. The number of β-amino-alcohol motifs (C(OH)–C–C–N with tert-alkyl or cyclic N) is 1. The summed E-state index contributed by atoms with van der Waals surface area (Å²) in [4.78, 5) is 23.5. The summed E-state index contributed by atoms with van der Waals surface area (Å²) in [5.74, 6) is -2.22. The molecule has 1 saturated heterocycles. The molecule has 140 valence electrons. The van der Waals surface area contributed by atoms with E-state index in [4.69, 9.17) is 10.2 Å². The Balaban J connectivity index is 0.000000251. The highest BCUT2D eigenvalue weighted by atomic mass is 16.4. The van der Waals surface area contributed by atoms with Crippen LogP contribution in [0.25, 0.3) is 0 Å². The molecule has 7 heteroatoms. The Morgan fingerprint density at radius 1 is 1.20 bits per heavy atom. The number of rotatable bonds is 5. The van der Waals surface area contributed by atoms with Crippen LogP contribution < -0.4 is 5.32 Å². The van der Waals surface area contributed by atoms with E-state index in [9.17, 15) is 14.7 Å². The first kappa shape index (κ1) is 21.1. The summed E-state index contributed by atoms with van der Waals surface area (Å²) in [7, 11) is 2.02. The Hall–Kier alpha value is -1.96. The Labute approximate surface area is 148 Å². The predicted octanol–water partition coefficient (Wildman–Crippen LogP) is 1.44. The summed E-state index contributed by atoms with van der Waals surface area (Å²) in [6.07, 6.45) is 2.24. The first-order chi connectivity index (χ1) is 11.8. The highest BCUT2D eigenvalue weighted by Crippen LogP contribution is 2.13. The number of carbonyl (C=O) groups is 2. The van der Waals surface area contributed by atoms with Gasteiger partial charge >= 0.3 is 11.9 Å². The lowest BCUT2D eigenvalue weighted by Crippen LogP contribution is -2.43. The van der Waals surface area contributed by atoms with Gasteiger partial charge in [-0.05, 0) is 64.5 Å². The number of nitrogens with one attached hydrogen (secondary N) is 1. The van der Waals surface area contributed by atoms with Crippen molar-refractivity contribution in [3.63, 3.8) is 0 Å². The largest absolute Gasteiger partial charge is 0.478 e. The zero-order valence-corrected chi connectivity index (χ0v) is 15.0. The highest BCUT2D eigenvalue weighted by molar-refractivity contribution is 5.96. The Bertz CT molecular complexity index is 549. The van der Waals surface area contributed by atoms with Crippen LogP contribution in [0.2, 0.25) is 0 Å². The van der Waals surface area contributed by atoms with Gasteiger partial charge in [0.05, 0.1) is 17.2 Å². The summed E-state index contributed by atoms with van der Waals surface area (Å²) in [5, 5.41) is 29.8. The van der Waals surface area contributed by atoms with E-state index in [0.29, 0.717) is 6.04 Å². The zero-order valence-electron chi connectivity index (χ0n) is 15.0. The monoisotopic (exact) mass is 352 g/mol. The molecule has 1 aliphatic rings. The molecule has 1 aliphatic heterocycles. The van der Waals surface area contributed by atoms with Crippen molar-refractivity contribution in [1.82, 2.24) is 10.2 Å². The molecule has 2 rings (SSSR count). The van der Waals surface area contributed by atoms with Crippen molar-refractivity contribution in [2.75, 3.05) is 26.7 Å². The lowest BCUT2D eigenvalue weighted by Gasteiger charge is -2.32.